The molecule has 25 heavy (non-hydrogen) atoms. The lowest BCUT2D eigenvalue weighted by molar-refractivity contribution is -0.130. The number of amides is 2. The third-order valence-corrected chi connectivity index (χ3v) is 3.62. The van der Waals surface area contributed by atoms with E-state index in [1.807, 2.05) is 12.1 Å². The van der Waals surface area contributed by atoms with Gasteiger partial charge in [0.05, 0.1) is 0 Å². The van der Waals surface area contributed by atoms with Gasteiger partial charge in [-0.15, -0.1) is 0 Å². The zero-order valence-corrected chi connectivity index (χ0v) is 13.7. The molecule has 3 rings (SSSR count). The van der Waals surface area contributed by atoms with Gasteiger partial charge >= 0.3 is 0 Å². The Labute approximate surface area is 144 Å². The summed E-state index contributed by atoms with van der Waals surface area (Å²) < 4.78 is 5.74. The second-order valence-electron chi connectivity index (χ2n) is 5.41. The van der Waals surface area contributed by atoms with E-state index in [0.717, 1.165) is 5.56 Å². The fraction of sp³-hybridized carbons (Fsp3) is 0.235. The van der Waals surface area contributed by atoms with E-state index in [1.165, 1.54) is 12.1 Å². The van der Waals surface area contributed by atoms with Crippen molar-refractivity contribution >= 4 is 23.3 Å². The Morgan fingerprint density at radius 3 is 2.80 bits per heavy atom. The van der Waals surface area contributed by atoms with Crippen LogP contribution in [0, 0.1) is 0 Å². The van der Waals surface area contributed by atoms with Crippen LogP contribution in [0.25, 0.3) is 0 Å². The minimum Gasteiger partial charge on any atom is -0.485 e. The van der Waals surface area contributed by atoms with Gasteiger partial charge in [-0.05, 0) is 29.8 Å². The van der Waals surface area contributed by atoms with Gasteiger partial charge in [-0.3, -0.25) is 14.6 Å². The molecule has 3 heterocycles. The molecule has 0 aliphatic carbocycles. The van der Waals surface area contributed by atoms with Crippen molar-refractivity contribution in [3.8, 4) is 5.75 Å². The van der Waals surface area contributed by atoms with Gasteiger partial charge in [0.1, 0.15) is 12.3 Å². The maximum Gasteiger partial charge on any atom is 0.273 e. The van der Waals surface area contributed by atoms with Crippen molar-refractivity contribution in [2.24, 2.45) is 5.10 Å². The monoisotopic (exact) mass is 339 g/mol. The van der Waals surface area contributed by atoms with Crippen molar-refractivity contribution in [2.75, 3.05) is 12.4 Å². The molecule has 0 saturated carbocycles. The van der Waals surface area contributed by atoms with E-state index in [2.05, 4.69) is 20.4 Å². The van der Waals surface area contributed by atoms with Gasteiger partial charge in [-0.1, -0.05) is 0 Å². The minimum atomic E-state index is -0.396. The number of rotatable bonds is 5. The molecule has 2 aromatic heterocycles. The standard InChI is InChI=1S/C17H17N5O3/c1-22-15(23)5-4-13(21-22)17(24)20-16-14(3-2-8-19-16)25-11-12-6-9-18-10-7-12/h2-3,6-10H,4-5,11H2,1H3,(H,19,20,24). The van der Waals surface area contributed by atoms with Crippen LogP contribution in [0.5, 0.6) is 5.75 Å². The summed E-state index contributed by atoms with van der Waals surface area (Å²) in [4.78, 5) is 31.9. The van der Waals surface area contributed by atoms with Gasteiger partial charge in [0.2, 0.25) is 5.91 Å². The van der Waals surface area contributed by atoms with Gasteiger partial charge in [0.15, 0.2) is 11.6 Å². The molecular formula is C17H17N5O3. The summed E-state index contributed by atoms with van der Waals surface area (Å²) in [6.07, 6.45) is 5.49. The summed E-state index contributed by atoms with van der Waals surface area (Å²) in [7, 11) is 1.53. The second kappa shape index (κ2) is 7.52. The third kappa shape index (κ3) is 4.17. The average molecular weight is 339 g/mol. The number of hydrogen-bond acceptors (Lipinski definition) is 6. The lowest BCUT2D eigenvalue weighted by Crippen LogP contribution is -2.34. The molecule has 2 aromatic rings. The first kappa shape index (κ1) is 16.6. The van der Waals surface area contributed by atoms with Crippen LogP contribution in [0.4, 0.5) is 5.82 Å². The summed E-state index contributed by atoms with van der Waals surface area (Å²) >= 11 is 0. The van der Waals surface area contributed by atoms with Gasteiger partial charge in [-0.25, -0.2) is 9.99 Å². The van der Waals surface area contributed by atoms with E-state index in [0.29, 0.717) is 24.6 Å². The number of hydrogen-bond donors (Lipinski definition) is 1. The number of nitrogens with zero attached hydrogens (tertiary/aromatic N) is 4. The predicted molar refractivity (Wildman–Crippen MR) is 90.9 cm³/mol. The molecule has 128 valence electrons. The van der Waals surface area contributed by atoms with E-state index in [9.17, 15) is 9.59 Å². The number of carbonyl (C=O) groups excluding carboxylic acids is 2. The van der Waals surface area contributed by atoms with Gasteiger partial charge in [-0.2, -0.15) is 5.10 Å². The minimum absolute atomic E-state index is 0.115. The SMILES string of the molecule is CN1N=C(C(=O)Nc2ncccc2OCc2ccncc2)CCC1=O. The molecule has 0 radical (unpaired) electrons. The van der Waals surface area contributed by atoms with Crippen LogP contribution in [-0.2, 0) is 16.2 Å². The molecule has 2 amide bonds. The lowest BCUT2D eigenvalue weighted by Gasteiger charge is -2.19. The van der Waals surface area contributed by atoms with Crippen LogP contribution < -0.4 is 10.1 Å². The Morgan fingerprint density at radius 1 is 1.24 bits per heavy atom. The van der Waals surface area contributed by atoms with E-state index >= 15 is 0 Å². The Balaban J connectivity index is 1.69. The smallest absolute Gasteiger partial charge is 0.273 e. The summed E-state index contributed by atoms with van der Waals surface area (Å²) in [5.41, 5.74) is 1.24. The number of aromatic nitrogens is 2. The van der Waals surface area contributed by atoms with E-state index in [-0.39, 0.29) is 18.0 Å². The molecule has 0 atom stereocenters. The zero-order valence-electron chi connectivity index (χ0n) is 13.7. The number of nitrogens with one attached hydrogen (secondary N) is 1. The Hall–Kier alpha value is -3.29. The van der Waals surface area contributed by atoms with Crippen LogP contribution in [0.15, 0.2) is 48.0 Å². The molecule has 1 aliphatic heterocycles. The summed E-state index contributed by atoms with van der Waals surface area (Å²) in [6.45, 7) is 0.329. The number of carbonyl (C=O) groups is 2. The number of pyridine rings is 2. The highest BCUT2D eigenvalue weighted by molar-refractivity contribution is 6.43. The van der Waals surface area contributed by atoms with Gasteiger partial charge in [0, 0.05) is 38.5 Å². The lowest BCUT2D eigenvalue weighted by atomic mass is 10.1. The highest BCUT2D eigenvalue weighted by Gasteiger charge is 2.23. The van der Waals surface area contributed by atoms with Crippen molar-refractivity contribution in [3.63, 3.8) is 0 Å². The molecule has 1 aliphatic rings. The predicted octanol–water partition coefficient (Wildman–Crippen LogP) is 1.60. The zero-order chi connectivity index (χ0) is 17.6. The first-order chi connectivity index (χ1) is 12.1. The Bertz CT molecular complexity index is 807. The second-order valence-corrected chi connectivity index (χ2v) is 5.41. The Morgan fingerprint density at radius 2 is 2.04 bits per heavy atom. The molecule has 0 bridgehead atoms. The highest BCUT2D eigenvalue weighted by atomic mass is 16.5. The molecule has 0 fully saturated rings. The van der Waals surface area contributed by atoms with Crippen LogP contribution in [-0.4, -0.2) is 39.6 Å². The fourth-order valence-corrected chi connectivity index (χ4v) is 2.25. The topological polar surface area (TPSA) is 96.8 Å². The molecule has 8 nitrogen and oxygen atoms in total. The van der Waals surface area contributed by atoms with Crippen LogP contribution in [0.2, 0.25) is 0 Å². The number of ether oxygens (including phenoxy) is 1. The summed E-state index contributed by atoms with van der Waals surface area (Å²) in [5.74, 6) is 0.250. The fourth-order valence-electron chi connectivity index (χ4n) is 2.25. The molecule has 0 aromatic carbocycles. The van der Waals surface area contributed by atoms with Crippen molar-refractivity contribution in [2.45, 2.75) is 19.4 Å². The maximum absolute atomic E-state index is 12.4. The molecular weight excluding hydrogens is 322 g/mol. The molecule has 0 saturated heterocycles. The van der Waals surface area contributed by atoms with Crippen molar-refractivity contribution in [3.05, 3.63) is 48.4 Å². The number of hydrazone groups is 1. The van der Waals surface area contributed by atoms with E-state index in [1.54, 1.807) is 30.7 Å². The molecule has 1 N–H and O–H groups in total. The van der Waals surface area contributed by atoms with Crippen molar-refractivity contribution in [1.82, 2.24) is 15.0 Å². The summed E-state index contributed by atoms with van der Waals surface area (Å²) in [6, 6.07) is 7.14. The van der Waals surface area contributed by atoms with Gasteiger partial charge in [0.25, 0.3) is 5.91 Å². The summed E-state index contributed by atoms with van der Waals surface area (Å²) in [5, 5.41) is 7.87. The first-order valence-corrected chi connectivity index (χ1v) is 7.75. The molecule has 0 unspecified atom stereocenters. The van der Waals surface area contributed by atoms with Crippen molar-refractivity contribution < 1.29 is 14.3 Å². The normalized spacial score (nSPS) is 14.0. The van der Waals surface area contributed by atoms with E-state index in [4.69, 9.17) is 4.74 Å². The van der Waals surface area contributed by atoms with E-state index < -0.39 is 5.91 Å². The van der Waals surface area contributed by atoms with Gasteiger partial charge < -0.3 is 10.1 Å². The maximum atomic E-state index is 12.4. The first-order valence-electron chi connectivity index (χ1n) is 7.75. The Kier molecular flexibility index (Phi) is 4.98. The quantitative estimate of drug-likeness (QED) is 0.892. The van der Waals surface area contributed by atoms with Crippen LogP contribution in [0.1, 0.15) is 18.4 Å². The highest BCUT2D eigenvalue weighted by Crippen LogP contribution is 2.22. The largest absolute Gasteiger partial charge is 0.485 e. The van der Waals surface area contributed by atoms with Crippen LogP contribution >= 0.6 is 0 Å². The molecule has 8 heteroatoms. The van der Waals surface area contributed by atoms with Crippen LogP contribution in [0.3, 0.4) is 0 Å². The molecule has 0 spiro atoms. The third-order valence-electron chi connectivity index (χ3n) is 3.62. The number of anilines is 1. The van der Waals surface area contributed by atoms with Crippen molar-refractivity contribution in [1.29, 1.82) is 0 Å². The average Bonchev–Trinajstić information content (AvgIpc) is 2.64.